The predicted octanol–water partition coefficient (Wildman–Crippen LogP) is 2.03. The molecule has 2 N–H and O–H groups in total. The Bertz CT molecular complexity index is 409. The van der Waals surface area contributed by atoms with Crippen molar-refractivity contribution in [2.45, 2.75) is 19.9 Å². The molecule has 0 saturated heterocycles. The van der Waals surface area contributed by atoms with Crippen molar-refractivity contribution in [2.24, 2.45) is 5.92 Å². The van der Waals surface area contributed by atoms with E-state index in [0.29, 0.717) is 25.3 Å². The van der Waals surface area contributed by atoms with Crippen molar-refractivity contribution in [1.82, 2.24) is 5.32 Å². The zero-order valence-corrected chi connectivity index (χ0v) is 10.6. The highest BCUT2D eigenvalue weighted by Crippen LogP contribution is 2.18. The maximum Gasteiger partial charge on any atom is 0.306 e. The number of ether oxygens (including phenoxy) is 1. The van der Waals surface area contributed by atoms with E-state index in [1.165, 1.54) is 19.2 Å². The van der Waals surface area contributed by atoms with Gasteiger partial charge in [-0.15, -0.1) is 0 Å². The fraction of sp³-hybridized carbons (Fsp3) is 0.462. The molecule has 5 heteroatoms. The molecule has 100 valence electrons. The molecular formula is C13H18FNO3. The lowest BCUT2D eigenvalue weighted by atomic mass is 10.1. The zero-order valence-electron chi connectivity index (χ0n) is 10.6. The molecule has 1 unspecified atom stereocenters. The van der Waals surface area contributed by atoms with Crippen LogP contribution in [-0.2, 0) is 11.3 Å². The number of carboxylic acid groups (broad SMARTS) is 1. The number of carboxylic acids is 1. The summed E-state index contributed by atoms with van der Waals surface area (Å²) < 4.78 is 18.2. The molecule has 0 aliphatic rings. The van der Waals surface area contributed by atoms with Gasteiger partial charge in [0, 0.05) is 12.1 Å². The van der Waals surface area contributed by atoms with Crippen molar-refractivity contribution < 1.29 is 19.0 Å². The van der Waals surface area contributed by atoms with Crippen LogP contribution in [0.4, 0.5) is 4.39 Å². The van der Waals surface area contributed by atoms with E-state index < -0.39 is 5.97 Å². The largest absolute Gasteiger partial charge is 0.496 e. The number of methoxy groups -OCH3 is 1. The Hall–Kier alpha value is -1.62. The lowest BCUT2D eigenvalue weighted by molar-refractivity contribution is -0.141. The summed E-state index contributed by atoms with van der Waals surface area (Å²) in [5, 5.41) is 11.8. The van der Waals surface area contributed by atoms with Gasteiger partial charge in [-0.2, -0.15) is 0 Å². The third kappa shape index (κ3) is 4.33. The first-order valence-corrected chi connectivity index (χ1v) is 5.80. The Labute approximate surface area is 106 Å². The van der Waals surface area contributed by atoms with Crippen LogP contribution in [0.2, 0.25) is 0 Å². The van der Waals surface area contributed by atoms with Crippen molar-refractivity contribution in [2.75, 3.05) is 13.7 Å². The Kier molecular flexibility index (Phi) is 5.58. The molecule has 1 aromatic rings. The van der Waals surface area contributed by atoms with Crippen LogP contribution in [0.1, 0.15) is 18.9 Å². The SMILES string of the molecule is COc1ccc(F)cc1CNCCC(C)C(=O)O. The van der Waals surface area contributed by atoms with Gasteiger partial charge in [-0.05, 0) is 31.2 Å². The molecule has 0 spiro atoms. The molecule has 0 fully saturated rings. The first kappa shape index (κ1) is 14.4. The molecule has 0 aliphatic carbocycles. The van der Waals surface area contributed by atoms with Gasteiger partial charge in [-0.3, -0.25) is 4.79 Å². The number of hydrogen-bond acceptors (Lipinski definition) is 3. The van der Waals surface area contributed by atoms with Crippen LogP contribution >= 0.6 is 0 Å². The molecule has 0 radical (unpaired) electrons. The molecule has 0 aliphatic heterocycles. The first-order chi connectivity index (χ1) is 8.54. The van der Waals surface area contributed by atoms with Gasteiger partial charge < -0.3 is 15.2 Å². The average molecular weight is 255 g/mol. The van der Waals surface area contributed by atoms with E-state index in [4.69, 9.17) is 9.84 Å². The van der Waals surface area contributed by atoms with Gasteiger partial charge in [0.2, 0.25) is 0 Å². The quantitative estimate of drug-likeness (QED) is 0.732. The van der Waals surface area contributed by atoms with Crippen molar-refractivity contribution in [3.8, 4) is 5.75 Å². The minimum Gasteiger partial charge on any atom is -0.496 e. The molecule has 1 atom stereocenters. The minimum atomic E-state index is -0.805. The van der Waals surface area contributed by atoms with Gasteiger partial charge in [0.1, 0.15) is 11.6 Å². The molecule has 4 nitrogen and oxygen atoms in total. The zero-order chi connectivity index (χ0) is 13.5. The summed E-state index contributed by atoms with van der Waals surface area (Å²) in [5.74, 6) is -0.881. The van der Waals surface area contributed by atoms with Gasteiger partial charge in [0.05, 0.1) is 13.0 Å². The highest BCUT2D eigenvalue weighted by molar-refractivity contribution is 5.69. The minimum absolute atomic E-state index is 0.313. The Balaban J connectivity index is 2.43. The Morgan fingerprint density at radius 1 is 1.56 bits per heavy atom. The molecule has 0 heterocycles. The second kappa shape index (κ2) is 6.96. The summed E-state index contributed by atoms with van der Waals surface area (Å²) in [5.41, 5.74) is 0.723. The third-order valence-electron chi connectivity index (χ3n) is 2.73. The number of carbonyl (C=O) groups is 1. The third-order valence-corrected chi connectivity index (χ3v) is 2.73. The van der Waals surface area contributed by atoms with Crippen LogP contribution in [0.5, 0.6) is 5.75 Å². The molecule has 0 amide bonds. The van der Waals surface area contributed by atoms with Crippen LogP contribution in [-0.4, -0.2) is 24.7 Å². The van der Waals surface area contributed by atoms with Gasteiger partial charge in [0.25, 0.3) is 0 Å². The Morgan fingerprint density at radius 3 is 2.89 bits per heavy atom. The maximum atomic E-state index is 13.1. The van der Waals surface area contributed by atoms with Crippen molar-refractivity contribution in [1.29, 1.82) is 0 Å². The fourth-order valence-electron chi connectivity index (χ4n) is 1.55. The molecular weight excluding hydrogens is 237 g/mol. The van der Waals surface area contributed by atoms with Crippen LogP contribution in [0.25, 0.3) is 0 Å². The number of rotatable bonds is 7. The molecule has 0 saturated carbocycles. The summed E-state index contributed by atoms with van der Waals surface area (Å²) in [6.07, 6.45) is 0.535. The monoisotopic (exact) mass is 255 g/mol. The molecule has 1 rings (SSSR count). The predicted molar refractivity (Wildman–Crippen MR) is 66.1 cm³/mol. The first-order valence-electron chi connectivity index (χ1n) is 5.80. The number of halogens is 1. The Morgan fingerprint density at radius 2 is 2.28 bits per heavy atom. The molecule has 1 aromatic carbocycles. The van der Waals surface area contributed by atoms with Crippen molar-refractivity contribution in [3.63, 3.8) is 0 Å². The van der Waals surface area contributed by atoms with E-state index in [-0.39, 0.29) is 11.7 Å². The van der Waals surface area contributed by atoms with Crippen molar-refractivity contribution >= 4 is 5.97 Å². The van der Waals surface area contributed by atoms with Crippen LogP contribution in [0, 0.1) is 11.7 Å². The standard InChI is InChI=1S/C13H18FNO3/c1-9(13(16)17)5-6-15-8-10-7-11(14)3-4-12(10)18-2/h3-4,7,9,15H,5-6,8H2,1-2H3,(H,16,17). The highest BCUT2D eigenvalue weighted by atomic mass is 19.1. The second-order valence-corrected chi connectivity index (χ2v) is 4.16. The summed E-state index contributed by atoms with van der Waals surface area (Å²) in [4.78, 5) is 10.6. The highest BCUT2D eigenvalue weighted by Gasteiger charge is 2.10. The fourth-order valence-corrected chi connectivity index (χ4v) is 1.55. The van der Waals surface area contributed by atoms with Crippen LogP contribution in [0.3, 0.4) is 0 Å². The maximum absolute atomic E-state index is 13.1. The van der Waals surface area contributed by atoms with E-state index >= 15 is 0 Å². The van der Waals surface area contributed by atoms with Gasteiger partial charge in [0.15, 0.2) is 0 Å². The average Bonchev–Trinajstić information content (AvgIpc) is 2.34. The van der Waals surface area contributed by atoms with E-state index in [2.05, 4.69) is 5.32 Å². The van der Waals surface area contributed by atoms with Crippen LogP contribution in [0.15, 0.2) is 18.2 Å². The normalized spacial score (nSPS) is 12.2. The van der Waals surface area contributed by atoms with Crippen molar-refractivity contribution in [3.05, 3.63) is 29.6 Å². The smallest absolute Gasteiger partial charge is 0.306 e. The lowest BCUT2D eigenvalue weighted by Crippen LogP contribution is -2.20. The van der Waals surface area contributed by atoms with E-state index in [1.807, 2.05) is 0 Å². The number of aliphatic carboxylic acids is 1. The summed E-state index contributed by atoms with van der Waals surface area (Å²) in [7, 11) is 1.53. The molecule has 18 heavy (non-hydrogen) atoms. The molecule has 0 aromatic heterocycles. The van der Waals surface area contributed by atoms with E-state index in [1.54, 1.807) is 13.0 Å². The van der Waals surface area contributed by atoms with E-state index in [0.717, 1.165) is 5.56 Å². The second-order valence-electron chi connectivity index (χ2n) is 4.16. The van der Waals surface area contributed by atoms with Gasteiger partial charge in [-0.1, -0.05) is 6.92 Å². The van der Waals surface area contributed by atoms with E-state index in [9.17, 15) is 9.18 Å². The number of hydrogen-bond donors (Lipinski definition) is 2. The molecule has 0 bridgehead atoms. The van der Waals surface area contributed by atoms with Crippen LogP contribution < -0.4 is 10.1 Å². The topological polar surface area (TPSA) is 58.6 Å². The number of nitrogens with one attached hydrogen (secondary N) is 1. The summed E-state index contributed by atoms with van der Waals surface area (Å²) in [6.45, 7) is 2.67. The lowest BCUT2D eigenvalue weighted by Gasteiger charge is -2.11. The van der Waals surface area contributed by atoms with Gasteiger partial charge >= 0.3 is 5.97 Å². The number of benzene rings is 1. The summed E-state index contributed by atoms with van der Waals surface area (Å²) in [6, 6.07) is 4.33. The summed E-state index contributed by atoms with van der Waals surface area (Å²) >= 11 is 0. The van der Waals surface area contributed by atoms with Gasteiger partial charge in [-0.25, -0.2) is 4.39 Å².